The van der Waals surface area contributed by atoms with E-state index in [2.05, 4.69) is 51.4 Å². The van der Waals surface area contributed by atoms with E-state index in [0.717, 1.165) is 60.0 Å². The van der Waals surface area contributed by atoms with E-state index in [1.165, 1.54) is 5.69 Å². The largest absolute Gasteiger partial charge is 0.496 e. The number of anilines is 3. The van der Waals surface area contributed by atoms with Gasteiger partial charge in [-0.2, -0.15) is 0 Å². The van der Waals surface area contributed by atoms with E-state index in [-0.39, 0.29) is 0 Å². The topological polar surface area (TPSA) is 72.0 Å². The number of hydrogen-bond donors (Lipinski definition) is 1. The number of nitrogens with one attached hydrogen (secondary N) is 1. The third-order valence-corrected chi connectivity index (χ3v) is 6.52. The van der Waals surface area contributed by atoms with Crippen molar-refractivity contribution < 1.29 is 14.2 Å². The Bertz CT molecular complexity index is 1210. The highest BCUT2D eigenvalue weighted by atomic mass is 16.5. The van der Waals surface area contributed by atoms with Gasteiger partial charge in [-0.15, -0.1) is 0 Å². The Labute approximate surface area is 212 Å². The number of nitrogens with zero attached hydrogens (tertiary/aromatic N) is 4. The van der Waals surface area contributed by atoms with Crippen molar-refractivity contribution in [3.05, 3.63) is 71.9 Å². The Hall–Kier alpha value is -3.46. The van der Waals surface area contributed by atoms with Crippen LogP contribution in [0.15, 0.2) is 60.8 Å². The molecular weight excluding hydrogens is 454 g/mol. The van der Waals surface area contributed by atoms with Gasteiger partial charge in [0, 0.05) is 60.4 Å². The summed E-state index contributed by atoms with van der Waals surface area (Å²) in [6.07, 6.45) is 5.78. The molecule has 6 bridgehead atoms. The van der Waals surface area contributed by atoms with Crippen LogP contribution in [0.25, 0.3) is 11.3 Å². The van der Waals surface area contributed by atoms with Crippen molar-refractivity contribution in [2.24, 2.45) is 0 Å². The van der Waals surface area contributed by atoms with E-state index < -0.39 is 0 Å². The van der Waals surface area contributed by atoms with E-state index in [4.69, 9.17) is 19.2 Å². The second kappa shape index (κ2) is 11.5. The molecule has 3 aromatic rings. The highest BCUT2D eigenvalue weighted by Gasteiger charge is 2.18. The first-order valence-corrected chi connectivity index (χ1v) is 12.3. The van der Waals surface area contributed by atoms with Crippen molar-refractivity contribution in [3.63, 3.8) is 0 Å². The van der Waals surface area contributed by atoms with Gasteiger partial charge < -0.3 is 29.3 Å². The molecule has 1 fully saturated rings. The lowest BCUT2D eigenvalue weighted by Crippen LogP contribution is -2.44. The molecule has 0 unspecified atom stereocenters. The van der Waals surface area contributed by atoms with E-state index in [1.807, 2.05) is 30.4 Å². The number of fused-ring (bicyclic) bond motifs is 7. The Morgan fingerprint density at radius 3 is 2.44 bits per heavy atom. The molecule has 2 aliphatic heterocycles. The predicted octanol–water partition coefficient (Wildman–Crippen LogP) is 4.25. The van der Waals surface area contributed by atoms with Gasteiger partial charge in [-0.1, -0.05) is 12.2 Å². The van der Waals surface area contributed by atoms with Crippen LogP contribution in [-0.4, -0.2) is 68.4 Å². The lowest BCUT2D eigenvalue weighted by Gasteiger charge is -2.35. The van der Waals surface area contributed by atoms with Gasteiger partial charge in [0.05, 0.1) is 39.2 Å². The zero-order chi connectivity index (χ0) is 24.7. The molecule has 0 amide bonds. The molecular formula is C28H33N5O3. The maximum atomic E-state index is 6.03. The van der Waals surface area contributed by atoms with Crippen molar-refractivity contribution in [1.29, 1.82) is 0 Å². The van der Waals surface area contributed by atoms with Crippen molar-refractivity contribution >= 4 is 17.3 Å². The normalized spacial score (nSPS) is 18.0. The van der Waals surface area contributed by atoms with Gasteiger partial charge in [-0.05, 0) is 49.5 Å². The summed E-state index contributed by atoms with van der Waals surface area (Å²) in [6, 6.07) is 14.3. The molecule has 8 nitrogen and oxygen atoms in total. The number of hydrogen-bond acceptors (Lipinski definition) is 8. The minimum absolute atomic E-state index is 0.442. The smallest absolute Gasteiger partial charge is 0.227 e. The van der Waals surface area contributed by atoms with Gasteiger partial charge in [0.1, 0.15) is 5.75 Å². The van der Waals surface area contributed by atoms with Gasteiger partial charge in [0.15, 0.2) is 0 Å². The molecule has 3 heterocycles. The molecule has 2 aromatic carbocycles. The third kappa shape index (κ3) is 5.84. The Morgan fingerprint density at radius 1 is 0.889 bits per heavy atom. The first kappa shape index (κ1) is 24.2. The van der Waals surface area contributed by atoms with Crippen LogP contribution < -0.4 is 15.0 Å². The van der Waals surface area contributed by atoms with Crippen molar-refractivity contribution in [3.8, 4) is 17.0 Å². The van der Waals surface area contributed by atoms with Gasteiger partial charge in [0.25, 0.3) is 0 Å². The first-order chi connectivity index (χ1) is 17.7. The second-order valence-corrected chi connectivity index (χ2v) is 9.05. The number of aromatic nitrogens is 2. The summed E-state index contributed by atoms with van der Waals surface area (Å²) in [6.45, 7) is 6.09. The summed E-state index contributed by atoms with van der Waals surface area (Å²) in [5, 5.41) is 3.39. The fourth-order valence-electron chi connectivity index (χ4n) is 4.50. The van der Waals surface area contributed by atoms with Gasteiger partial charge in [-0.25, -0.2) is 9.97 Å². The fourth-order valence-corrected chi connectivity index (χ4v) is 4.50. The Kier molecular flexibility index (Phi) is 7.76. The predicted molar refractivity (Wildman–Crippen MR) is 142 cm³/mol. The van der Waals surface area contributed by atoms with Crippen molar-refractivity contribution in [1.82, 2.24) is 14.9 Å². The lowest BCUT2D eigenvalue weighted by molar-refractivity contribution is 0.139. The Morgan fingerprint density at radius 2 is 1.67 bits per heavy atom. The fraction of sp³-hybridized carbons (Fsp3) is 0.357. The third-order valence-electron chi connectivity index (χ3n) is 6.52. The summed E-state index contributed by atoms with van der Waals surface area (Å²) < 4.78 is 17.4. The number of likely N-dealkylation sites (N-methyl/N-ethyl adjacent to an activating group) is 1. The highest BCUT2D eigenvalue weighted by molar-refractivity contribution is 5.66. The van der Waals surface area contributed by atoms with Gasteiger partial charge in [0.2, 0.25) is 5.95 Å². The molecule has 1 aromatic heterocycles. The van der Waals surface area contributed by atoms with E-state index in [1.54, 1.807) is 13.3 Å². The maximum Gasteiger partial charge on any atom is 0.227 e. The van der Waals surface area contributed by atoms with E-state index in [0.29, 0.717) is 32.4 Å². The number of piperazine rings is 1. The van der Waals surface area contributed by atoms with Crippen LogP contribution in [0.1, 0.15) is 11.1 Å². The molecule has 8 heteroatoms. The molecule has 2 aliphatic rings. The van der Waals surface area contributed by atoms with Crippen LogP contribution >= 0.6 is 0 Å². The standard InChI is InChI=1S/C28H33N5O3/c1-32-11-13-33(14-12-32)26-7-6-24-18-22(26)19-35-15-3-4-16-36-20-23-17-21(5-8-27(23)34-2)25-9-10-29-28(30-24)31-25/h3-10,17-18H,11-16,19-20H2,1-2H3,(H,29,30,31)/b4-3+. The zero-order valence-electron chi connectivity index (χ0n) is 20.9. The molecule has 0 aliphatic carbocycles. The summed E-state index contributed by atoms with van der Waals surface area (Å²) >= 11 is 0. The van der Waals surface area contributed by atoms with E-state index in [9.17, 15) is 0 Å². The molecule has 0 radical (unpaired) electrons. The average Bonchev–Trinajstić information content (AvgIpc) is 2.90. The Balaban J connectivity index is 1.47. The van der Waals surface area contributed by atoms with E-state index >= 15 is 0 Å². The quantitative estimate of drug-likeness (QED) is 0.538. The van der Waals surface area contributed by atoms with Crippen LogP contribution in [0.2, 0.25) is 0 Å². The number of ether oxygens (including phenoxy) is 3. The minimum atomic E-state index is 0.442. The highest BCUT2D eigenvalue weighted by Crippen LogP contribution is 2.29. The lowest BCUT2D eigenvalue weighted by atomic mass is 10.1. The molecule has 0 saturated carbocycles. The monoisotopic (exact) mass is 487 g/mol. The van der Waals surface area contributed by atoms with Crippen LogP contribution in [-0.2, 0) is 22.7 Å². The molecule has 36 heavy (non-hydrogen) atoms. The molecule has 188 valence electrons. The SMILES string of the molecule is COc1ccc2cc1COC/C=C/COCc1cc(ccc1N1CCN(C)CC1)Nc1nccc-2n1. The molecule has 0 spiro atoms. The van der Waals surface area contributed by atoms with Crippen LogP contribution in [0.4, 0.5) is 17.3 Å². The number of rotatable bonds is 2. The molecule has 0 atom stereocenters. The summed E-state index contributed by atoms with van der Waals surface area (Å²) in [4.78, 5) is 14.0. The number of benzene rings is 2. The molecule has 1 N–H and O–H groups in total. The average molecular weight is 488 g/mol. The summed E-state index contributed by atoms with van der Waals surface area (Å²) in [5.74, 6) is 1.34. The summed E-state index contributed by atoms with van der Waals surface area (Å²) in [7, 11) is 3.84. The molecule has 1 saturated heterocycles. The van der Waals surface area contributed by atoms with Crippen LogP contribution in [0.5, 0.6) is 5.75 Å². The molecule has 5 rings (SSSR count). The van der Waals surface area contributed by atoms with Crippen LogP contribution in [0, 0.1) is 0 Å². The zero-order valence-corrected chi connectivity index (χ0v) is 20.9. The maximum absolute atomic E-state index is 6.03. The van der Waals surface area contributed by atoms with Crippen molar-refractivity contribution in [2.45, 2.75) is 13.2 Å². The number of methoxy groups -OCH3 is 1. The van der Waals surface area contributed by atoms with Crippen LogP contribution in [0.3, 0.4) is 0 Å². The first-order valence-electron chi connectivity index (χ1n) is 12.3. The second-order valence-electron chi connectivity index (χ2n) is 9.05. The van der Waals surface area contributed by atoms with Crippen molar-refractivity contribution in [2.75, 3.05) is 63.8 Å². The summed E-state index contributed by atoms with van der Waals surface area (Å²) in [5.41, 5.74) is 6.08. The minimum Gasteiger partial charge on any atom is -0.496 e. The van der Waals surface area contributed by atoms with Gasteiger partial charge >= 0.3 is 0 Å². The van der Waals surface area contributed by atoms with Gasteiger partial charge in [-0.3, -0.25) is 0 Å².